The molecular formula is C20H35IN4O. The fourth-order valence-corrected chi connectivity index (χ4v) is 2.40. The van der Waals surface area contributed by atoms with Gasteiger partial charge in [0, 0.05) is 31.7 Å². The van der Waals surface area contributed by atoms with Crippen LogP contribution in [-0.4, -0.2) is 31.5 Å². The lowest BCUT2D eigenvalue weighted by atomic mass is 10.1. The number of amides is 1. The zero-order valence-electron chi connectivity index (χ0n) is 16.6. The molecule has 6 heteroatoms. The van der Waals surface area contributed by atoms with E-state index in [1.807, 2.05) is 31.2 Å². The molecule has 1 unspecified atom stereocenters. The van der Waals surface area contributed by atoms with E-state index in [0.29, 0.717) is 12.1 Å². The number of nitrogens with zero attached hydrogens (tertiary/aromatic N) is 1. The van der Waals surface area contributed by atoms with Crippen molar-refractivity contribution in [2.45, 2.75) is 65.5 Å². The lowest BCUT2D eigenvalue weighted by molar-refractivity contribution is 0.0939. The number of carbonyl (C=O) groups excluding carboxylic acids is 1. The van der Waals surface area contributed by atoms with E-state index < -0.39 is 0 Å². The first-order chi connectivity index (χ1) is 12.1. The molecule has 0 bridgehead atoms. The molecular weight excluding hydrogens is 439 g/mol. The number of rotatable bonds is 10. The number of carbonyl (C=O) groups is 1. The summed E-state index contributed by atoms with van der Waals surface area (Å²) in [5.41, 5.74) is 1.76. The van der Waals surface area contributed by atoms with Gasteiger partial charge in [-0.3, -0.25) is 9.79 Å². The maximum Gasteiger partial charge on any atom is 0.251 e. The van der Waals surface area contributed by atoms with Gasteiger partial charge in [0.2, 0.25) is 0 Å². The van der Waals surface area contributed by atoms with Crippen molar-refractivity contribution < 1.29 is 4.79 Å². The number of hydrogen-bond acceptors (Lipinski definition) is 2. The van der Waals surface area contributed by atoms with Gasteiger partial charge < -0.3 is 16.0 Å². The minimum atomic E-state index is -0.0189. The van der Waals surface area contributed by atoms with Crippen molar-refractivity contribution in [2.24, 2.45) is 4.99 Å². The van der Waals surface area contributed by atoms with Crippen molar-refractivity contribution in [3.05, 3.63) is 35.4 Å². The van der Waals surface area contributed by atoms with Crippen molar-refractivity contribution in [1.29, 1.82) is 0 Å². The predicted octanol–water partition coefficient (Wildman–Crippen LogP) is 4.08. The van der Waals surface area contributed by atoms with Gasteiger partial charge >= 0.3 is 0 Å². The Kier molecular flexibility index (Phi) is 14.1. The van der Waals surface area contributed by atoms with Gasteiger partial charge in [0.1, 0.15) is 0 Å². The monoisotopic (exact) mass is 474 g/mol. The Morgan fingerprint density at radius 2 is 1.92 bits per heavy atom. The lowest BCUT2D eigenvalue weighted by Gasteiger charge is -2.14. The first-order valence-corrected chi connectivity index (χ1v) is 9.45. The second-order valence-corrected chi connectivity index (χ2v) is 6.40. The third kappa shape index (κ3) is 9.99. The number of nitrogens with one attached hydrogen (secondary N) is 3. The highest BCUT2D eigenvalue weighted by Crippen LogP contribution is 2.06. The van der Waals surface area contributed by atoms with E-state index in [4.69, 9.17) is 0 Å². The van der Waals surface area contributed by atoms with E-state index in [1.54, 1.807) is 7.05 Å². The number of benzene rings is 1. The standard InChI is InChI=1S/C20H34N4O.HI/c1-5-7-8-9-13-22-20(21-4)23-15-17-11-10-12-18(14-17)19(25)24-16(3)6-2;/h10-12,14,16H,5-9,13,15H2,1-4H3,(H,24,25)(H2,21,22,23);1H. The molecule has 0 spiro atoms. The van der Waals surface area contributed by atoms with Crippen LogP contribution in [0.1, 0.15) is 68.8 Å². The summed E-state index contributed by atoms with van der Waals surface area (Å²) < 4.78 is 0. The summed E-state index contributed by atoms with van der Waals surface area (Å²) in [7, 11) is 1.78. The molecule has 1 amide bonds. The van der Waals surface area contributed by atoms with E-state index in [0.717, 1.165) is 30.9 Å². The van der Waals surface area contributed by atoms with Gasteiger partial charge in [-0.25, -0.2) is 0 Å². The van der Waals surface area contributed by atoms with Gasteiger partial charge in [-0.2, -0.15) is 0 Å². The molecule has 0 saturated heterocycles. The molecule has 0 aromatic heterocycles. The van der Waals surface area contributed by atoms with E-state index in [1.165, 1.54) is 19.3 Å². The molecule has 148 valence electrons. The Balaban J connectivity index is 0.00000625. The summed E-state index contributed by atoms with van der Waals surface area (Å²) in [6.07, 6.45) is 5.84. The number of unbranched alkanes of at least 4 members (excludes halogenated alkanes) is 3. The van der Waals surface area contributed by atoms with Crippen molar-refractivity contribution in [3.63, 3.8) is 0 Å². The summed E-state index contributed by atoms with van der Waals surface area (Å²) >= 11 is 0. The molecule has 0 fully saturated rings. The molecule has 1 rings (SSSR count). The molecule has 0 aliphatic rings. The molecule has 1 aromatic rings. The van der Waals surface area contributed by atoms with E-state index >= 15 is 0 Å². The molecule has 0 aliphatic carbocycles. The Hall–Kier alpha value is -1.31. The minimum Gasteiger partial charge on any atom is -0.356 e. The fourth-order valence-electron chi connectivity index (χ4n) is 2.40. The SMILES string of the molecule is CCCCCCNC(=NC)NCc1cccc(C(=O)NC(C)CC)c1.I. The number of hydrogen-bond donors (Lipinski definition) is 3. The van der Waals surface area contributed by atoms with Crippen molar-refractivity contribution in [3.8, 4) is 0 Å². The Morgan fingerprint density at radius 3 is 2.58 bits per heavy atom. The smallest absolute Gasteiger partial charge is 0.251 e. The molecule has 0 radical (unpaired) electrons. The summed E-state index contributed by atoms with van der Waals surface area (Å²) in [4.78, 5) is 16.5. The van der Waals surface area contributed by atoms with Crippen molar-refractivity contribution in [2.75, 3.05) is 13.6 Å². The molecule has 3 N–H and O–H groups in total. The number of halogens is 1. The van der Waals surface area contributed by atoms with E-state index in [2.05, 4.69) is 34.8 Å². The third-order valence-electron chi connectivity index (χ3n) is 4.19. The van der Waals surface area contributed by atoms with Crippen LogP contribution >= 0.6 is 24.0 Å². The van der Waals surface area contributed by atoms with Gasteiger partial charge in [-0.05, 0) is 37.5 Å². The van der Waals surface area contributed by atoms with Crippen LogP contribution in [0, 0.1) is 0 Å². The quantitative estimate of drug-likeness (QED) is 0.207. The van der Waals surface area contributed by atoms with E-state index in [-0.39, 0.29) is 35.9 Å². The zero-order valence-corrected chi connectivity index (χ0v) is 18.9. The predicted molar refractivity (Wildman–Crippen MR) is 121 cm³/mol. The molecule has 0 heterocycles. The highest BCUT2D eigenvalue weighted by Gasteiger charge is 2.09. The van der Waals surface area contributed by atoms with Crippen LogP contribution in [0.3, 0.4) is 0 Å². The van der Waals surface area contributed by atoms with Gasteiger partial charge in [0.15, 0.2) is 5.96 Å². The van der Waals surface area contributed by atoms with Crippen LogP contribution in [-0.2, 0) is 6.54 Å². The summed E-state index contributed by atoms with van der Waals surface area (Å²) in [6, 6.07) is 7.90. The van der Waals surface area contributed by atoms with Gasteiger partial charge in [0.25, 0.3) is 5.91 Å². The third-order valence-corrected chi connectivity index (χ3v) is 4.19. The van der Waals surface area contributed by atoms with Gasteiger partial charge in [-0.15, -0.1) is 24.0 Å². The largest absolute Gasteiger partial charge is 0.356 e. The maximum atomic E-state index is 12.2. The first kappa shape index (κ1) is 24.7. The van der Waals surface area contributed by atoms with Gasteiger partial charge in [0.05, 0.1) is 0 Å². The summed E-state index contributed by atoms with van der Waals surface area (Å²) in [6.45, 7) is 7.85. The first-order valence-electron chi connectivity index (χ1n) is 9.45. The lowest BCUT2D eigenvalue weighted by Crippen LogP contribution is -2.37. The number of guanidine groups is 1. The molecule has 5 nitrogen and oxygen atoms in total. The molecule has 0 saturated carbocycles. The van der Waals surface area contributed by atoms with Crippen LogP contribution < -0.4 is 16.0 Å². The second kappa shape index (κ2) is 14.8. The summed E-state index contributed by atoms with van der Waals surface area (Å²) in [5.74, 6) is 0.778. The van der Waals surface area contributed by atoms with E-state index in [9.17, 15) is 4.79 Å². The zero-order chi connectivity index (χ0) is 18.5. The normalized spacial score (nSPS) is 12.1. The van der Waals surface area contributed by atoms with Crippen LogP contribution in [0.4, 0.5) is 0 Å². The highest BCUT2D eigenvalue weighted by molar-refractivity contribution is 14.0. The Bertz CT molecular complexity index is 548. The second-order valence-electron chi connectivity index (χ2n) is 6.40. The van der Waals surface area contributed by atoms with Crippen LogP contribution in [0.15, 0.2) is 29.3 Å². The Labute approximate surface area is 175 Å². The minimum absolute atomic E-state index is 0. The van der Waals surface area contributed by atoms with Crippen LogP contribution in [0.5, 0.6) is 0 Å². The maximum absolute atomic E-state index is 12.2. The molecule has 1 aromatic carbocycles. The van der Waals surface area contributed by atoms with Gasteiger partial charge in [-0.1, -0.05) is 45.2 Å². The molecule has 26 heavy (non-hydrogen) atoms. The number of aliphatic imine (C=N–C) groups is 1. The van der Waals surface area contributed by atoms with Crippen LogP contribution in [0.25, 0.3) is 0 Å². The topological polar surface area (TPSA) is 65.5 Å². The average molecular weight is 474 g/mol. The molecule has 0 aliphatic heterocycles. The van der Waals surface area contributed by atoms with Crippen molar-refractivity contribution in [1.82, 2.24) is 16.0 Å². The highest BCUT2D eigenvalue weighted by atomic mass is 127. The summed E-state index contributed by atoms with van der Waals surface area (Å²) in [5, 5.41) is 9.63. The van der Waals surface area contributed by atoms with Crippen molar-refractivity contribution >= 4 is 35.8 Å². The van der Waals surface area contributed by atoms with Crippen LogP contribution in [0.2, 0.25) is 0 Å². The molecule has 1 atom stereocenters. The Morgan fingerprint density at radius 1 is 1.15 bits per heavy atom. The fraction of sp³-hybridized carbons (Fsp3) is 0.600. The average Bonchev–Trinajstić information content (AvgIpc) is 2.64.